The Hall–Kier alpha value is -2.05. The van der Waals surface area contributed by atoms with Gasteiger partial charge in [0.1, 0.15) is 0 Å². The highest BCUT2D eigenvalue weighted by molar-refractivity contribution is 6.43. The van der Waals surface area contributed by atoms with Gasteiger partial charge in [0.05, 0.1) is 13.2 Å². The molecule has 5 nitrogen and oxygen atoms in total. The first kappa shape index (κ1) is 17.8. The van der Waals surface area contributed by atoms with Crippen molar-refractivity contribution in [3.63, 3.8) is 0 Å². The molecule has 1 aliphatic rings. The van der Waals surface area contributed by atoms with E-state index in [2.05, 4.69) is 18.0 Å². The third-order valence-electron chi connectivity index (χ3n) is 4.25. The van der Waals surface area contributed by atoms with Crippen molar-refractivity contribution in [3.8, 4) is 22.6 Å². The van der Waals surface area contributed by atoms with Gasteiger partial charge in [-0.05, 0) is 49.0 Å². The number of nitrogens with zero attached hydrogens (tertiary/aromatic N) is 1. The van der Waals surface area contributed by atoms with E-state index in [4.69, 9.17) is 14.1 Å². The minimum absolute atomic E-state index is 0.181. The van der Waals surface area contributed by atoms with Gasteiger partial charge in [-0.3, -0.25) is 4.98 Å². The molecule has 1 aromatic carbocycles. The van der Waals surface area contributed by atoms with Crippen LogP contribution in [0.15, 0.2) is 36.7 Å². The van der Waals surface area contributed by atoms with E-state index in [1.54, 1.807) is 0 Å². The number of ether oxygens (including phenoxy) is 2. The van der Waals surface area contributed by atoms with Crippen molar-refractivity contribution in [2.24, 2.45) is 0 Å². The van der Waals surface area contributed by atoms with Crippen molar-refractivity contribution in [2.75, 3.05) is 19.8 Å². The highest BCUT2D eigenvalue weighted by atomic mass is 16.5. The fraction of sp³-hybridized carbons (Fsp3) is 0.421. The highest BCUT2D eigenvalue weighted by Gasteiger charge is 2.30. The summed E-state index contributed by atoms with van der Waals surface area (Å²) in [5.74, 6) is 1.70. The lowest BCUT2D eigenvalue weighted by molar-refractivity contribution is 0.277. The molecule has 25 heavy (non-hydrogen) atoms. The topological polar surface area (TPSA) is 60.8 Å². The summed E-state index contributed by atoms with van der Waals surface area (Å²) in [5.41, 5.74) is 3.13. The molecule has 0 amide bonds. The van der Waals surface area contributed by atoms with Crippen LogP contribution in [0.4, 0.5) is 0 Å². The number of aromatic nitrogens is 1. The average molecular weight is 341 g/mol. The standard InChI is InChI=1S/C19H24BNO4/c1-3-7-24-19-9-14(5-6-18(19)23-4-2)15-8-16(12-21-11-15)17-10-20(22)25-13-17/h5-6,8-9,11-12,17,22H,3-4,7,10,13H2,1-2H3/t17-/m0/s1. The first-order valence-corrected chi connectivity index (χ1v) is 8.85. The monoisotopic (exact) mass is 341 g/mol. The predicted octanol–water partition coefficient (Wildman–Crippen LogP) is 3.53. The van der Waals surface area contributed by atoms with Crippen LogP contribution in [0.1, 0.15) is 31.7 Å². The van der Waals surface area contributed by atoms with Crippen molar-refractivity contribution in [2.45, 2.75) is 32.5 Å². The molecule has 0 unspecified atom stereocenters. The van der Waals surface area contributed by atoms with E-state index in [0.717, 1.165) is 34.6 Å². The molecule has 0 spiro atoms. The summed E-state index contributed by atoms with van der Waals surface area (Å²) in [6, 6.07) is 8.07. The van der Waals surface area contributed by atoms with Gasteiger partial charge in [-0.2, -0.15) is 0 Å². The number of hydrogen-bond donors (Lipinski definition) is 1. The Bertz CT molecular complexity index is 710. The molecule has 132 valence electrons. The van der Waals surface area contributed by atoms with Gasteiger partial charge in [-0.1, -0.05) is 13.0 Å². The Morgan fingerprint density at radius 3 is 2.76 bits per heavy atom. The number of pyridine rings is 1. The van der Waals surface area contributed by atoms with Crippen LogP contribution in [-0.4, -0.2) is 36.9 Å². The molecule has 1 aromatic heterocycles. The van der Waals surface area contributed by atoms with Crippen molar-refractivity contribution >= 4 is 7.12 Å². The lowest BCUT2D eigenvalue weighted by atomic mass is 9.80. The summed E-state index contributed by atoms with van der Waals surface area (Å²) in [4.78, 5) is 4.37. The molecular formula is C19H24BNO4. The number of benzene rings is 1. The van der Waals surface area contributed by atoms with Gasteiger partial charge < -0.3 is 19.2 Å². The molecular weight excluding hydrogens is 317 g/mol. The number of hydrogen-bond acceptors (Lipinski definition) is 5. The van der Waals surface area contributed by atoms with Crippen LogP contribution in [0, 0.1) is 0 Å². The summed E-state index contributed by atoms with van der Waals surface area (Å²) in [5, 5.41) is 9.57. The van der Waals surface area contributed by atoms with Crippen LogP contribution in [0.5, 0.6) is 11.5 Å². The fourth-order valence-corrected chi connectivity index (χ4v) is 2.97. The average Bonchev–Trinajstić information content (AvgIpc) is 3.08. The third-order valence-corrected chi connectivity index (χ3v) is 4.25. The molecule has 1 atom stereocenters. The molecule has 1 saturated heterocycles. The highest BCUT2D eigenvalue weighted by Crippen LogP contribution is 2.35. The summed E-state index contributed by atoms with van der Waals surface area (Å²) in [6.45, 7) is 5.82. The molecule has 1 fully saturated rings. The lowest BCUT2D eigenvalue weighted by Gasteiger charge is -2.14. The normalized spacial score (nSPS) is 16.9. The third kappa shape index (κ3) is 4.33. The van der Waals surface area contributed by atoms with E-state index in [9.17, 15) is 5.02 Å². The molecule has 0 aliphatic carbocycles. The second-order valence-electron chi connectivity index (χ2n) is 6.17. The first-order valence-electron chi connectivity index (χ1n) is 8.85. The van der Waals surface area contributed by atoms with Crippen LogP contribution in [0.25, 0.3) is 11.1 Å². The van der Waals surface area contributed by atoms with E-state index >= 15 is 0 Å². The van der Waals surface area contributed by atoms with E-state index in [1.807, 2.05) is 37.5 Å². The maximum Gasteiger partial charge on any atom is 0.454 e. The molecule has 0 bridgehead atoms. The van der Waals surface area contributed by atoms with Gasteiger partial charge in [-0.25, -0.2) is 0 Å². The second kappa shape index (κ2) is 8.36. The second-order valence-corrected chi connectivity index (χ2v) is 6.17. The van der Waals surface area contributed by atoms with Crippen LogP contribution in [-0.2, 0) is 4.65 Å². The van der Waals surface area contributed by atoms with Crippen molar-refractivity contribution in [1.82, 2.24) is 4.98 Å². The maximum absolute atomic E-state index is 9.57. The molecule has 1 aliphatic heterocycles. The summed E-state index contributed by atoms with van der Waals surface area (Å²) in [7, 11) is -0.673. The van der Waals surface area contributed by atoms with E-state index in [-0.39, 0.29) is 5.92 Å². The minimum Gasteiger partial charge on any atom is -0.490 e. The Labute approximate surface area is 149 Å². The van der Waals surface area contributed by atoms with Crippen LogP contribution in [0.2, 0.25) is 6.32 Å². The maximum atomic E-state index is 9.57. The quantitative estimate of drug-likeness (QED) is 0.781. The van der Waals surface area contributed by atoms with Gasteiger partial charge >= 0.3 is 7.12 Å². The van der Waals surface area contributed by atoms with E-state index in [0.29, 0.717) is 26.1 Å². The molecule has 1 N–H and O–H groups in total. The lowest BCUT2D eigenvalue weighted by Crippen LogP contribution is -2.07. The minimum atomic E-state index is -0.673. The fourth-order valence-electron chi connectivity index (χ4n) is 2.97. The SMILES string of the molecule is CCCOc1cc(-c2cncc([C@@H]3COB(O)C3)c2)ccc1OCC. The molecule has 2 aromatic rings. The summed E-state index contributed by atoms with van der Waals surface area (Å²) >= 11 is 0. The van der Waals surface area contributed by atoms with Gasteiger partial charge in [0, 0.05) is 30.5 Å². The Kier molecular flexibility index (Phi) is 5.94. The Morgan fingerprint density at radius 2 is 2.04 bits per heavy atom. The van der Waals surface area contributed by atoms with Gasteiger partial charge in [0.2, 0.25) is 0 Å². The van der Waals surface area contributed by atoms with E-state index in [1.165, 1.54) is 0 Å². The van der Waals surface area contributed by atoms with Crippen molar-refractivity contribution in [1.29, 1.82) is 0 Å². The smallest absolute Gasteiger partial charge is 0.454 e. The first-order chi connectivity index (χ1) is 12.2. The van der Waals surface area contributed by atoms with Gasteiger partial charge in [0.15, 0.2) is 11.5 Å². The van der Waals surface area contributed by atoms with Gasteiger partial charge in [-0.15, -0.1) is 0 Å². The van der Waals surface area contributed by atoms with Crippen LogP contribution >= 0.6 is 0 Å². The molecule has 3 rings (SSSR count). The molecule has 6 heteroatoms. The molecule has 2 heterocycles. The van der Waals surface area contributed by atoms with Crippen molar-refractivity contribution in [3.05, 3.63) is 42.2 Å². The van der Waals surface area contributed by atoms with Crippen LogP contribution in [0.3, 0.4) is 0 Å². The predicted molar refractivity (Wildman–Crippen MR) is 98.1 cm³/mol. The number of rotatable bonds is 7. The zero-order valence-electron chi connectivity index (χ0n) is 14.8. The zero-order valence-corrected chi connectivity index (χ0v) is 14.8. The van der Waals surface area contributed by atoms with Crippen LogP contribution < -0.4 is 9.47 Å². The van der Waals surface area contributed by atoms with E-state index < -0.39 is 7.12 Å². The zero-order chi connectivity index (χ0) is 17.6. The molecule has 0 radical (unpaired) electrons. The Balaban J connectivity index is 1.87. The Morgan fingerprint density at radius 1 is 1.16 bits per heavy atom. The van der Waals surface area contributed by atoms with Gasteiger partial charge in [0.25, 0.3) is 0 Å². The van der Waals surface area contributed by atoms with Crippen molar-refractivity contribution < 1.29 is 19.2 Å². The summed E-state index contributed by atoms with van der Waals surface area (Å²) in [6.07, 6.45) is 5.24. The largest absolute Gasteiger partial charge is 0.490 e. The summed E-state index contributed by atoms with van der Waals surface area (Å²) < 4.78 is 16.8. The molecule has 0 saturated carbocycles.